The Hall–Kier alpha value is -0.560. The monoisotopic (exact) mass is 407 g/mol. The highest BCUT2D eigenvalue weighted by molar-refractivity contribution is 7.72. The molecule has 1 fully saturated rings. The van der Waals surface area contributed by atoms with Crippen molar-refractivity contribution in [3.05, 3.63) is 35.9 Å². The van der Waals surface area contributed by atoms with Crippen LogP contribution in [0.3, 0.4) is 0 Å². The van der Waals surface area contributed by atoms with Crippen molar-refractivity contribution in [3.63, 3.8) is 0 Å². The fraction of sp³-hybridized carbons (Fsp3) is 0.625. The van der Waals surface area contributed by atoms with E-state index < -0.39 is 26.7 Å². The van der Waals surface area contributed by atoms with Gasteiger partial charge in [0.2, 0.25) is 0 Å². The molecule has 1 aromatic rings. The van der Waals surface area contributed by atoms with Crippen molar-refractivity contribution in [1.82, 2.24) is 5.32 Å². The summed E-state index contributed by atoms with van der Waals surface area (Å²) >= 11 is 0. The summed E-state index contributed by atoms with van der Waals surface area (Å²) in [5, 5.41) is 10.2. The van der Waals surface area contributed by atoms with E-state index in [-0.39, 0.29) is 18.4 Å². The molecule has 0 saturated heterocycles. The van der Waals surface area contributed by atoms with Crippen LogP contribution >= 0.6 is 15.2 Å². The van der Waals surface area contributed by atoms with Crippen molar-refractivity contribution in [2.45, 2.75) is 56.2 Å². The summed E-state index contributed by atoms with van der Waals surface area (Å²) in [5.41, 5.74) is 1.11. The van der Waals surface area contributed by atoms with Crippen molar-refractivity contribution < 1.29 is 33.8 Å². The van der Waals surface area contributed by atoms with Crippen molar-refractivity contribution >= 4 is 15.2 Å². The van der Waals surface area contributed by atoms with Gasteiger partial charge in [0.15, 0.2) is 0 Å². The lowest BCUT2D eigenvalue weighted by molar-refractivity contribution is 0.109. The van der Waals surface area contributed by atoms with Gasteiger partial charge in [-0.1, -0.05) is 43.2 Å². The molecule has 2 atom stereocenters. The van der Waals surface area contributed by atoms with E-state index in [1.165, 1.54) is 0 Å². The standard InChI is InChI=1S/C16H27NO7P2/c18-16(25(19,20)21,26(22,23)24)11-10-14-8-4-5-9-15(14)17-12-13-6-2-1-3-7-13/h1-3,6-7,14-15,17-18H,4-5,8-12H2,(H2,19,20,21)(H2,22,23,24)/t14-,15-/m0/s1. The molecule has 0 heterocycles. The number of hydrogen-bond donors (Lipinski definition) is 6. The van der Waals surface area contributed by atoms with Crippen molar-refractivity contribution in [2.24, 2.45) is 5.92 Å². The third kappa shape index (κ3) is 5.24. The first-order chi connectivity index (χ1) is 12.0. The van der Waals surface area contributed by atoms with E-state index in [0.29, 0.717) is 6.54 Å². The Morgan fingerprint density at radius 2 is 1.58 bits per heavy atom. The van der Waals surface area contributed by atoms with Gasteiger partial charge in [-0.15, -0.1) is 0 Å². The van der Waals surface area contributed by atoms with Crippen LogP contribution in [0, 0.1) is 5.92 Å². The Morgan fingerprint density at radius 1 is 1.00 bits per heavy atom. The van der Waals surface area contributed by atoms with Gasteiger partial charge < -0.3 is 30.0 Å². The van der Waals surface area contributed by atoms with Crippen LogP contribution in [-0.4, -0.2) is 35.8 Å². The van der Waals surface area contributed by atoms with E-state index in [2.05, 4.69) is 5.32 Å². The average molecular weight is 407 g/mol. The highest BCUT2D eigenvalue weighted by Crippen LogP contribution is 2.69. The quantitative estimate of drug-likeness (QED) is 0.359. The second-order valence-corrected chi connectivity index (χ2v) is 10.9. The Kier molecular flexibility index (Phi) is 7.22. The van der Waals surface area contributed by atoms with Gasteiger partial charge in [0.05, 0.1) is 0 Å². The molecule has 1 aliphatic carbocycles. The van der Waals surface area contributed by atoms with Gasteiger partial charge in [-0.05, 0) is 30.7 Å². The van der Waals surface area contributed by atoms with Crippen LogP contribution < -0.4 is 5.32 Å². The smallest absolute Gasteiger partial charge is 0.368 e. The molecular formula is C16H27NO7P2. The first-order valence-corrected chi connectivity index (χ1v) is 11.9. The number of aliphatic hydroxyl groups is 1. The molecule has 0 radical (unpaired) electrons. The predicted molar refractivity (Wildman–Crippen MR) is 97.3 cm³/mol. The van der Waals surface area contributed by atoms with E-state index >= 15 is 0 Å². The Labute approximate surface area is 153 Å². The molecular weight excluding hydrogens is 380 g/mol. The van der Waals surface area contributed by atoms with E-state index in [4.69, 9.17) is 0 Å². The maximum absolute atomic E-state index is 11.5. The van der Waals surface area contributed by atoms with Crippen LogP contribution in [-0.2, 0) is 15.7 Å². The zero-order valence-electron chi connectivity index (χ0n) is 14.4. The minimum Gasteiger partial charge on any atom is -0.368 e. The summed E-state index contributed by atoms with van der Waals surface area (Å²) in [5.74, 6) is -0.0166. The molecule has 1 aromatic carbocycles. The molecule has 1 aliphatic rings. The molecule has 0 aliphatic heterocycles. The Bertz CT molecular complexity index is 650. The molecule has 0 unspecified atom stereocenters. The van der Waals surface area contributed by atoms with Crippen LogP contribution in [0.1, 0.15) is 44.1 Å². The number of benzene rings is 1. The summed E-state index contributed by atoms with van der Waals surface area (Å²) < 4.78 is 23.0. The summed E-state index contributed by atoms with van der Waals surface area (Å²) in [6.45, 7) is 0.642. The predicted octanol–water partition coefficient (Wildman–Crippen LogP) is 2.12. The van der Waals surface area contributed by atoms with Crippen LogP contribution in [0.2, 0.25) is 0 Å². The molecule has 26 heavy (non-hydrogen) atoms. The van der Waals surface area contributed by atoms with Gasteiger partial charge in [0.1, 0.15) is 0 Å². The van der Waals surface area contributed by atoms with Gasteiger partial charge in [-0.3, -0.25) is 9.13 Å². The molecule has 10 heteroatoms. The number of rotatable bonds is 8. The normalized spacial score (nSPS) is 22.3. The fourth-order valence-electron chi connectivity index (χ4n) is 3.51. The van der Waals surface area contributed by atoms with Crippen LogP contribution in [0.15, 0.2) is 30.3 Å². The van der Waals surface area contributed by atoms with E-state index in [1.807, 2.05) is 30.3 Å². The lowest BCUT2D eigenvalue weighted by Gasteiger charge is -2.35. The molecule has 0 aromatic heterocycles. The van der Waals surface area contributed by atoms with Crippen molar-refractivity contribution in [3.8, 4) is 0 Å². The lowest BCUT2D eigenvalue weighted by Crippen LogP contribution is -2.39. The first kappa shape index (κ1) is 21.7. The Balaban J connectivity index is 2.03. The molecule has 148 valence electrons. The van der Waals surface area contributed by atoms with Crippen LogP contribution in [0.25, 0.3) is 0 Å². The minimum absolute atomic E-state index is 0.0166. The number of nitrogens with one attached hydrogen (secondary N) is 1. The molecule has 6 N–H and O–H groups in total. The van der Waals surface area contributed by atoms with Gasteiger partial charge >= 0.3 is 15.2 Å². The lowest BCUT2D eigenvalue weighted by atomic mass is 9.81. The third-order valence-electron chi connectivity index (χ3n) is 5.10. The zero-order chi connectivity index (χ0) is 19.4. The maximum atomic E-state index is 11.5. The van der Waals surface area contributed by atoms with E-state index in [0.717, 1.165) is 31.2 Å². The molecule has 0 spiro atoms. The largest absolute Gasteiger partial charge is 0.369 e. The highest BCUT2D eigenvalue weighted by atomic mass is 31.2. The average Bonchev–Trinajstić information content (AvgIpc) is 2.57. The first-order valence-electron chi connectivity index (χ1n) is 8.65. The minimum atomic E-state index is -5.39. The maximum Gasteiger partial charge on any atom is 0.369 e. The van der Waals surface area contributed by atoms with Gasteiger partial charge in [-0.2, -0.15) is 0 Å². The van der Waals surface area contributed by atoms with Gasteiger partial charge in [0, 0.05) is 19.0 Å². The topological polar surface area (TPSA) is 147 Å². The second kappa shape index (κ2) is 8.63. The summed E-state index contributed by atoms with van der Waals surface area (Å²) in [6.07, 6.45) is 3.10. The number of hydrogen-bond acceptors (Lipinski definition) is 4. The zero-order valence-corrected chi connectivity index (χ0v) is 16.2. The summed E-state index contributed by atoms with van der Waals surface area (Å²) in [6, 6.07) is 9.86. The fourth-order valence-corrected chi connectivity index (χ4v) is 5.71. The summed E-state index contributed by atoms with van der Waals surface area (Å²) in [4.78, 5) is 37.1. The molecule has 1 saturated carbocycles. The van der Waals surface area contributed by atoms with E-state index in [9.17, 15) is 33.8 Å². The van der Waals surface area contributed by atoms with E-state index in [1.54, 1.807) is 0 Å². The van der Waals surface area contributed by atoms with Crippen molar-refractivity contribution in [1.29, 1.82) is 0 Å². The highest BCUT2D eigenvalue weighted by Gasteiger charge is 2.59. The van der Waals surface area contributed by atoms with Gasteiger partial charge in [-0.25, -0.2) is 0 Å². The second-order valence-electron chi connectivity index (χ2n) is 6.92. The van der Waals surface area contributed by atoms with Crippen molar-refractivity contribution in [2.75, 3.05) is 0 Å². The molecule has 0 amide bonds. The SMILES string of the molecule is O=P(O)(O)C(O)(CC[C@@H]1CCCC[C@@H]1NCc1ccccc1)P(=O)(O)O. The third-order valence-corrected chi connectivity index (χ3v) is 8.98. The Morgan fingerprint density at radius 3 is 2.15 bits per heavy atom. The molecule has 2 rings (SSSR count). The van der Waals surface area contributed by atoms with Crippen LogP contribution in [0.5, 0.6) is 0 Å². The summed E-state index contributed by atoms with van der Waals surface area (Å²) in [7, 11) is -10.8. The molecule has 0 bridgehead atoms. The molecule has 8 nitrogen and oxygen atoms in total. The van der Waals surface area contributed by atoms with Crippen LogP contribution in [0.4, 0.5) is 0 Å². The van der Waals surface area contributed by atoms with Gasteiger partial charge in [0.25, 0.3) is 5.08 Å².